The molecule has 0 saturated carbocycles. The van der Waals surface area contributed by atoms with Gasteiger partial charge in [0, 0.05) is 19.0 Å². The van der Waals surface area contributed by atoms with Gasteiger partial charge in [0.2, 0.25) is 0 Å². The molecule has 0 bridgehead atoms. The predicted molar refractivity (Wildman–Crippen MR) is 110 cm³/mol. The van der Waals surface area contributed by atoms with Gasteiger partial charge in [-0.2, -0.15) is 0 Å². The molecule has 1 rings (SSSR count). The van der Waals surface area contributed by atoms with E-state index in [-0.39, 0.29) is 36.0 Å². The van der Waals surface area contributed by atoms with Gasteiger partial charge in [0.25, 0.3) is 0 Å². The van der Waals surface area contributed by atoms with Crippen LogP contribution in [0.15, 0.2) is 35.3 Å². The molecule has 0 radical (unpaired) electrons. The fourth-order valence-electron chi connectivity index (χ4n) is 2.49. The summed E-state index contributed by atoms with van der Waals surface area (Å²) in [5, 5.41) is 12.8. The molecule has 0 amide bonds. The van der Waals surface area contributed by atoms with Crippen molar-refractivity contribution in [3.05, 3.63) is 35.9 Å². The van der Waals surface area contributed by atoms with Crippen molar-refractivity contribution in [2.24, 2.45) is 10.7 Å². The van der Waals surface area contributed by atoms with Crippen LogP contribution in [0, 0.1) is 0 Å². The molecule has 0 heterocycles. The first kappa shape index (κ1) is 22.2. The Bertz CT molecular complexity index is 424. The average molecular weight is 433 g/mol. The molecule has 0 spiro atoms. The van der Waals surface area contributed by atoms with E-state index < -0.39 is 0 Å². The molecule has 0 aromatic heterocycles. The van der Waals surface area contributed by atoms with E-state index in [0.29, 0.717) is 18.9 Å². The molecule has 0 aliphatic rings. The highest BCUT2D eigenvalue weighted by Crippen LogP contribution is 2.21. The molecule has 132 valence electrons. The van der Waals surface area contributed by atoms with Gasteiger partial charge >= 0.3 is 0 Å². The first-order chi connectivity index (χ1) is 10.6. The van der Waals surface area contributed by atoms with Crippen LogP contribution >= 0.6 is 24.0 Å². The molecular formula is C18H32IN3O. The average Bonchev–Trinajstić information content (AvgIpc) is 2.51. The number of aliphatic imine (C=N–C) groups is 1. The van der Waals surface area contributed by atoms with Gasteiger partial charge in [-0.15, -0.1) is 24.0 Å². The van der Waals surface area contributed by atoms with E-state index in [1.165, 1.54) is 24.8 Å². The third kappa shape index (κ3) is 10.5. The van der Waals surface area contributed by atoms with E-state index in [9.17, 15) is 5.11 Å². The van der Waals surface area contributed by atoms with E-state index in [0.717, 1.165) is 13.0 Å². The predicted octanol–water partition coefficient (Wildman–Crippen LogP) is 3.64. The van der Waals surface area contributed by atoms with Crippen LogP contribution in [-0.4, -0.2) is 30.3 Å². The van der Waals surface area contributed by atoms with Crippen molar-refractivity contribution < 1.29 is 5.11 Å². The Labute approximate surface area is 158 Å². The van der Waals surface area contributed by atoms with Crippen molar-refractivity contribution in [1.82, 2.24) is 5.32 Å². The fourth-order valence-corrected chi connectivity index (χ4v) is 2.49. The lowest BCUT2D eigenvalue weighted by atomic mass is 9.93. The molecule has 0 saturated heterocycles. The molecule has 1 aromatic carbocycles. The molecule has 4 nitrogen and oxygen atoms in total. The third-order valence-electron chi connectivity index (χ3n) is 3.72. The number of halogens is 1. The molecule has 0 aliphatic heterocycles. The number of benzene rings is 1. The van der Waals surface area contributed by atoms with Crippen molar-refractivity contribution >= 4 is 29.9 Å². The Morgan fingerprint density at radius 1 is 1.22 bits per heavy atom. The highest BCUT2D eigenvalue weighted by atomic mass is 127. The largest absolute Gasteiger partial charge is 0.393 e. The summed E-state index contributed by atoms with van der Waals surface area (Å²) >= 11 is 0. The number of rotatable bonds is 10. The Hall–Kier alpha value is -0.820. The van der Waals surface area contributed by atoms with Crippen LogP contribution < -0.4 is 11.1 Å². The Kier molecular flexibility index (Phi) is 13.1. The summed E-state index contributed by atoms with van der Waals surface area (Å²) in [6.07, 6.45) is 5.21. The fraction of sp³-hybridized carbons (Fsp3) is 0.611. The van der Waals surface area contributed by atoms with Crippen LogP contribution in [-0.2, 0) is 0 Å². The van der Waals surface area contributed by atoms with E-state index >= 15 is 0 Å². The van der Waals surface area contributed by atoms with Crippen molar-refractivity contribution in [2.75, 3.05) is 13.1 Å². The molecule has 2 unspecified atom stereocenters. The summed E-state index contributed by atoms with van der Waals surface area (Å²) in [4.78, 5) is 4.44. The zero-order valence-corrected chi connectivity index (χ0v) is 16.7. The van der Waals surface area contributed by atoms with E-state index in [4.69, 9.17) is 5.73 Å². The summed E-state index contributed by atoms with van der Waals surface area (Å²) in [7, 11) is 0. The quantitative estimate of drug-likeness (QED) is 0.228. The van der Waals surface area contributed by atoms with Gasteiger partial charge < -0.3 is 16.2 Å². The summed E-state index contributed by atoms with van der Waals surface area (Å²) in [6.45, 7) is 5.49. The minimum atomic E-state index is -0.344. The molecule has 0 fully saturated rings. The van der Waals surface area contributed by atoms with Gasteiger partial charge in [-0.1, -0.05) is 56.5 Å². The SMILES string of the molecule is CCCCCCNC(N)=NCC(CC(C)O)c1ccccc1.I. The van der Waals surface area contributed by atoms with E-state index in [1.54, 1.807) is 0 Å². The number of nitrogens with zero attached hydrogens (tertiary/aromatic N) is 1. The normalized spacial score (nSPS) is 14.0. The monoisotopic (exact) mass is 433 g/mol. The number of unbranched alkanes of at least 4 members (excludes halogenated alkanes) is 3. The maximum Gasteiger partial charge on any atom is 0.188 e. The molecule has 0 aliphatic carbocycles. The van der Waals surface area contributed by atoms with Crippen LogP contribution in [0.2, 0.25) is 0 Å². The zero-order valence-electron chi connectivity index (χ0n) is 14.4. The Morgan fingerprint density at radius 3 is 2.52 bits per heavy atom. The minimum absolute atomic E-state index is 0. The summed E-state index contributed by atoms with van der Waals surface area (Å²) < 4.78 is 0. The van der Waals surface area contributed by atoms with Gasteiger partial charge in [0.05, 0.1) is 6.10 Å². The second kappa shape index (κ2) is 13.6. The second-order valence-electron chi connectivity index (χ2n) is 5.91. The zero-order chi connectivity index (χ0) is 16.2. The smallest absolute Gasteiger partial charge is 0.188 e. The van der Waals surface area contributed by atoms with Crippen molar-refractivity contribution in [3.8, 4) is 0 Å². The summed E-state index contributed by atoms with van der Waals surface area (Å²) in [5.41, 5.74) is 7.12. The van der Waals surface area contributed by atoms with Crippen molar-refractivity contribution in [2.45, 2.75) is 58.0 Å². The summed E-state index contributed by atoms with van der Waals surface area (Å²) in [6, 6.07) is 10.2. The van der Waals surface area contributed by atoms with Gasteiger partial charge in [-0.3, -0.25) is 4.99 Å². The van der Waals surface area contributed by atoms with E-state index in [1.807, 2.05) is 25.1 Å². The van der Waals surface area contributed by atoms with Crippen molar-refractivity contribution in [1.29, 1.82) is 0 Å². The number of aliphatic hydroxyl groups is 1. The van der Waals surface area contributed by atoms with Gasteiger partial charge in [0.15, 0.2) is 5.96 Å². The summed E-state index contributed by atoms with van der Waals surface area (Å²) in [5.74, 6) is 0.699. The van der Waals surface area contributed by atoms with Gasteiger partial charge in [-0.25, -0.2) is 0 Å². The van der Waals surface area contributed by atoms with Crippen LogP contribution in [0.3, 0.4) is 0 Å². The highest BCUT2D eigenvalue weighted by Gasteiger charge is 2.13. The van der Waals surface area contributed by atoms with Gasteiger partial charge in [0.1, 0.15) is 0 Å². The van der Waals surface area contributed by atoms with Crippen LogP contribution in [0.4, 0.5) is 0 Å². The van der Waals surface area contributed by atoms with Crippen LogP contribution in [0.1, 0.15) is 57.4 Å². The van der Waals surface area contributed by atoms with Crippen molar-refractivity contribution in [3.63, 3.8) is 0 Å². The number of nitrogens with two attached hydrogens (primary N) is 1. The Morgan fingerprint density at radius 2 is 1.91 bits per heavy atom. The number of hydrogen-bond donors (Lipinski definition) is 3. The topological polar surface area (TPSA) is 70.6 Å². The maximum atomic E-state index is 9.68. The highest BCUT2D eigenvalue weighted by molar-refractivity contribution is 14.0. The molecule has 1 aromatic rings. The molecule has 23 heavy (non-hydrogen) atoms. The Balaban J connectivity index is 0.00000484. The molecule has 2 atom stereocenters. The third-order valence-corrected chi connectivity index (χ3v) is 3.72. The molecule has 5 heteroatoms. The van der Waals surface area contributed by atoms with Gasteiger partial charge in [-0.05, 0) is 25.3 Å². The second-order valence-corrected chi connectivity index (χ2v) is 5.91. The van der Waals surface area contributed by atoms with E-state index in [2.05, 4.69) is 29.4 Å². The molecular weight excluding hydrogens is 401 g/mol. The number of guanidine groups is 1. The number of nitrogens with one attached hydrogen (secondary N) is 1. The first-order valence-electron chi connectivity index (χ1n) is 8.40. The van der Waals surface area contributed by atoms with Crippen LogP contribution in [0.25, 0.3) is 0 Å². The molecule has 4 N–H and O–H groups in total. The lowest BCUT2D eigenvalue weighted by Gasteiger charge is -2.17. The lowest BCUT2D eigenvalue weighted by molar-refractivity contribution is 0.175. The number of hydrogen-bond acceptors (Lipinski definition) is 2. The first-order valence-corrected chi connectivity index (χ1v) is 8.40. The maximum absolute atomic E-state index is 9.68. The van der Waals surface area contributed by atoms with Crippen LogP contribution in [0.5, 0.6) is 0 Å². The standard InChI is InChI=1S/C18H31N3O.HI/c1-3-4-5-9-12-20-18(19)21-14-17(13-15(2)22)16-10-7-6-8-11-16;/h6-8,10-11,15,17,22H,3-5,9,12-14H2,1-2H3,(H3,19,20,21);1H. The minimum Gasteiger partial charge on any atom is -0.393 e. The lowest BCUT2D eigenvalue weighted by Crippen LogP contribution is -2.33. The number of aliphatic hydroxyl groups excluding tert-OH is 1.